The fourth-order valence-electron chi connectivity index (χ4n) is 4.04. The Morgan fingerprint density at radius 1 is 1.27 bits per heavy atom. The largest absolute Gasteiger partial charge is 0.508 e. The number of carboxylic acids is 1. The Bertz CT molecular complexity index is 825. The maximum absolute atomic E-state index is 11.8. The third kappa shape index (κ3) is 7.86. The standard InChI is InChI=1S/C20H30N2O4.C2HF3O2/c1-14-8-17(24)9-15(2)19(14)11-21-10-18-4-5-20(26-18)12-22(16(3)23)6-7-25-13-20;3-2(4,5)1(6)7/h8-9,18,21,24H,4-7,10-13H2,1-3H3;(H,6,7)/t18-,20+;/m1./s1. The fraction of sp³-hybridized carbons (Fsp3) is 0.636. The van der Waals surface area contributed by atoms with Crippen molar-refractivity contribution in [3.8, 4) is 5.75 Å². The lowest BCUT2D eigenvalue weighted by Gasteiger charge is -2.31. The zero-order valence-corrected chi connectivity index (χ0v) is 19.0. The van der Waals surface area contributed by atoms with Gasteiger partial charge in [-0.1, -0.05) is 0 Å². The second-order valence-electron chi connectivity index (χ2n) is 8.45. The van der Waals surface area contributed by atoms with Crippen LogP contribution >= 0.6 is 0 Å². The molecule has 0 saturated carbocycles. The van der Waals surface area contributed by atoms with Gasteiger partial charge in [-0.3, -0.25) is 4.79 Å². The van der Waals surface area contributed by atoms with E-state index in [0.717, 1.165) is 37.1 Å². The smallest absolute Gasteiger partial charge is 0.490 e. The van der Waals surface area contributed by atoms with E-state index in [4.69, 9.17) is 19.4 Å². The van der Waals surface area contributed by atoms with Crippen LogP contribution in [0.25, 0.3) is 0 Å². The summed E-state index contributed by atoms with van der Waals surface area (Å²) in [6, 6.07) is 3.59. The molecule has 2 atom stereocenters. The van der Waals surface area contributed by atoms with E-state index < -0.39 is 12.1 Å². The number of aliphatic carboxylic acids is 1. The van der Waals surface area contributed by atoms with Gasteiger partial charge in [0.25, 0.3) is 0 Å². The van der Waals surface area contributed by atoms with Crippen molar-refractivity contribution in [3.05, 3.63) is 28.8 Å². The van der Waals surface area contributed by atoms with E-state index in [1.54, 1.807) is 19.1 Å². The van der Waals surface area contributed by atoms with Crippen LogP contribution in [-0.4, -0.2) is 77.7 Å². The van der Waals surface area contributed by atoms with Gasteiger partial charge in [0.15, 0.2) is 0 Å². The highest BCUT2D eigenvalue weighted by Gasteiger charge is 2.43. The highest BCUT2D eigenvalue weighted by atomic mass is 19.4. The van der Waals surface area contributed by atoms with Gasteiger partial charge in [0.1, 0.15) is 11.4 Å². The number of nitrogens with zero attached hydrogens (tertiary/aromatic N) is 1. The molecule has 2 aliphatic heterocycles. The van der Waals surface area contributed by atoms with Crippen molar-refractivity contribution in [1.82, 2.24) is 10.2 Å². The van der Waals surface area contributed by atoms with Crippen molar-refractivity contribution >= 4 is 11.9 Å². The average molecular weight is 476 g/mol. The number of ether oxygens (including phenoxy) is 2. The molecule has 2 fully saturated rings. The van der Waals surface area contributed by atoms with E-state index in [0.29, 0.717) is 32.1 Å². The molecule has 186 valence electrons. The highest BCUT2D eigenvalue weighted by molar-refractivity contribution is 5.73. The van der Waals surface area contributed by atoms with Crippen LogP contribution in [0.4, 0.5) is 13.2 Å². The number of carbonyl (C=O) groups excluding carboxylic acids is 1. The molecule has 0 unspecified atom stereocenters. The molecule has 2 saturated heterocycles. The number of amides is 1. The number of phenols is 1. The van der Waals surface area contributed by atoms with E-state index in [1.807, 2.05) is 18.7 Å². The maximum Gasteiger partial charge on any atom is 0.490 e. The Labute approximate surface area is 190 Å². The SMILES string of the molecule is CC(=O)N1CCOC[C@]2(CC[C@H](CNCc3c(C)cc(O)cc3C)O2)C1.O=C(O)C(F)(F)F. The zero-order chi connectivity index (χ0) is 24.8. The van der Waals surface area contributed by atoms with Gasteiger partial charge < -0.3 is 29.9 Å². The van der Waals surface area contributed by atoms with Crippen LogP contribution < -0.4 is 5.32 Å². The lowest BCUT2D eigenvalue weighted by molar-refractivity contribution is -0.192. The van der Waals surface area contributed by atoms with Crippen LogP contribution in [0.3, 0.4) is 0 Å². The van der Waals surface area contributed by atoms with E-state index in [1.165, 1.54) is 5.56 Å². The molecule has 11 heteroatoms. The lowest BCUT2D eigenvalue weighted by Crippen LogP contribution is -2.46. The Hall–Kier alpha value is -2.37. The van der Waals surface area contributed by atoms with Crippen LogP contribution in [0, 0.1) is 13.8 Å². The molecule has 3 N–H and O–H groups in total. The molecular formula is C22H31F3N2O6. The van der Waals surface area contributed by atoms with Crippen LogP contribution in [0.15, 0.2) is 12.1 Å². The van der Waals surface area contributed by atoms with Crippen molar-refractivity contribution < 1.29 is 42.4 Å². The predicted octanol–water partition coefficient (Wildman–Crippen LogP) is 2.53. The monoisotopic (exact) mass is 476 g/mol. The Kier molecular flexibility index (Phi) is 9.10. The van der Waals surface area contributed by atoms with Crippen molar-refractivity contribution in [2.24, 2.45) is 0 Å². The van der Waals surface area contributed by atoms with Gasteiger partial charge in [-0.2, -0.15) is 13.2 Å². The summed E-state index contributed by atoms with van der Waals surface area (Å²) in [5, 5.41) is 20.3. The molecule has 1 aromatic carbocycles. The maximum atomic E-state index is 11.8. The van der Waals surface area contributed by atoms with E-state index in [2.05, 4.69) is 5.32 Å². The van der Waals surface area contributed by atoms with Gasteiger partial charge in [0.2, 0.25) is 5.91 Å². The third-order valence-electron chi connectivity index (χ3n) is 5.73. The molecule has 0 aromatic heterocycles. The molecule has 1 spiro atoms. The van der Waals surface area contributed by atoms with Gasteiger partial charge in [-0.05, 0) is 55.5 Å². The van der Waals surface area contributed by atoms with Gasteiger partial charge in [-0.15, -0.1) is 0 Å². The number of halogens is 3. The van der Waals surface area contributed by atoms with Crippen molar-refractivity contribution in [1.29, 1.82) is 0 Å². The van der Waals surface area contributed by atoms with Crippen molar-refractivity contribution in [2.45, 2.75) is 58.0 Å². The second kappa shape index (κ2) is 11.2. The first-order valence-electron chi connectivity index (χ1n) is 10.6. The molecule has 1 aromatic rings. The third-order valence-corrected chi connectivity index (χ3v) is 5.73. The van der Waals surface area contributed by atoms with Gasteiger partial charge in [0.05, 0.1) is 25.9 Å². The summed E-state index contributed by atoms with van der Waals surface area (Å²) in [4.78, 5) is 22.5. The predicted molar refractivity (Wildman–Crippen MR) is 113 cm³/mol. The van der Waals surface area contributed by atoms with Gasteiger partial charge in [0, 0.05) is 26.6 Å². The normalized spacial score (nSPS) is 23.1. The number of carboxylic acid groups (broad SMARTS) is 1. The Morgan fingerprint density at radius 3 is 2.42 bits per heavy atom. The lowest BCUT2D eigenvalue weighted by atomic mass is 10.00. The fourth-order valence-corrected chi connectivity index (χ4v) is 4.04. The number of alkyl halides is 3. The summed E-state index contributed by atoms with van der Waals surface area (Å²) in [5.74, 6) is -2.36. The average Bonchev–Trinajstić information content (AvgIpc) is 2.95. The minimum absolute atomic E-state index is 0.0818. The van der Waals surface area contributed by atoms with Crippen LogP contribution in [-0.2, 0) is 25.6 Å². The molecule has 0 radical (unpaired) electrons. The minimum atomic E-state index is -5.08. The number of hydrogen-bond acceptors (Lipinski definition) is 6. The first-order chi connectivity index (χ1) is 15.3. The first kappa shape index (κ1) is 26.9. The molecule has 3 rings (SSSR count). The highest BCUT2D eigenvalue weighted by Crippen LogP contribution is 2.33. The molecule has 0 bridgehead atoms. The topological polar surface area (TPSA) is 108 Å². The van der Waals surface area contributed by atoms with E-state index >= 15 is 0 Å². The van der Waals surface area contributed by atoms with Crippen LogP contribution in [0.1, 0.15) is 36.5 Å². The summed E-state index contributed by atoms with van der Waals surface area (Å²) in [6.45, 7) is 9.56. The number of phenolic OH excluding ortho intramolecular Hbond substituents is 1. The molecule has 2 heterocycles. The van der Waals surface area contributed by atoms with Crippen molar-refractivity contribution in [2.75, 3.05) is 32.8 Å². The van der Waals surface area contributed by atoms with E-state index in [-0.39, 0.29) is 17.6 Å². The summed E-state index contributed by atoms with van der Waals surface area (Å²) < 4.78 is 43.8. The molecule has 1 amide bonds. The summed E-state index contributed by atoms with van der Waals surface area (Å²) in [6.07, 6.45) is -3.07. The molecule has 2 aliphatic rings. The Balaban J connectivity index is 0.000000479. The summed E-state index contributed by atoms with van der Waals surface area (Å²) >= 11 is 0. The minimum Gasteiger partial charge on any atom is -0.508 e. The summed E-state index contributed by atoms with van der Waals surface area (Å²) in [7, 11) is 0. The van der Waals surface area contributed by atoms with Gasteiger partial charge in [-0.25, -0.2) is 4.79 Å². The second-order valence-corrected chi connectivity index (χ2v) is 8.45. The number of rotatable bonds is 4. The molecular weight excluding hydrogens is 445 g/mol. The number of aromatic hydroxyl groups is 1. The van der Waals surface area contributed by atoms with Gasteiger partial charge >= 0.3 is 12.1 Å². The zero-order valence-electron chi connectivity index (χ0n) is 19.0. The van der Waals surface area contributed by atoms with E-state index in [9.17, 15) is 23.1 Å². The number of benzene rings is 1. The molecule has 8 nitrogen and oxygen atoms in total. The summed E-state index contributed by atoms with van der Waals surface area (Å²) in [5.41, 5.74) is 3.04. The number of aryl methyl sites for hydroxylation is 2. The first-order valence-corrected chi connectivity index (χ1v) is 10.6. The Morgan fingerprint density at radius 2 is 1.88 bits per heavy atom. The molecule has 33 heavy (non-hydrogen) atoms. The van der Waals surface area contributed by atoms with Crippen molar-refractivity contribution in [3.63, 3.8) is 0 Å². The van der Waals surface area contributed by atoms with Crippen LogP contribution in [0.5, 0.6) is 5.75 Å². The number of carbonyl (C=O) groups is 2. The quantitative estimate of drug-likeness (QED) is 0.613. The number of nitrogens with one attached hydrogen (secondary N) is 1. The van der Waals surface area contributed by atoms with Crippen LogP contribution in [0.2, 0.25) is 0 Å². The number of hydrogen-bond donors (Lipinski definition) is 3. The molecule has 0 aliphatic carbocycles.